The van der Waals surface area contributed by atoms with Crippen molar-refractivity contribution < 1.29 is 14.1 Å². The summed E-state index contributed by atoms with van der Waals surface area (Å²) >= 11 is 11.9. The van der Waals surface area contributed by atoms with Crippen LogP contribution in [0.1, 0.15) is 11.1 Å². The smallest absolute Gasteiger partial charge is 0.275 e. The van der Waals surface area contributed by atoms with Crippen molar-refractivity contribution in [2.24, 2.45) is 0 Å². The summed E-state index contributed by atoms with van der Waals surface area (Å²) in [6.07, 6.45) is 0.678. The summed E-state index contributed by atoms with van der Waals surface area (Å²) in [6, 6.07) is 11.8. The van der Waals surface area contributed by atoms with Gasteiger partial charge in [-0.15, -0.1) is 0 Å². The predicted molar refractivity (Wildman–Crippen MR) is 95.0 cm³/mol. The second-order valence-corrected chi connectivity index (χ2v) is 6.60. The highest BCUT2D eigenvalue weighted by Crippen LogP contribution is 2.22. The zero-order chi connectivity index (χ0) is 17.5. The van der Waals surface area contributed by atoms with Crippen LogP contribution < -0.4 is 10.2 Å². The molecule has 0 bridgehead atoms. The standard InChI is InChI=1S/C18H19Cl2FN2O/c1-23(11-14-4-7-16(19)17(20)10-14)12-18(24)22-9-8-13-2-5-15(21)6-3-13/h2-7,10H,8-9,11-12H2,1H3,(H,22,24)/p+1. The van der Waals surface area contributed by atoms with Gasteiger partial charge in [-0.05, 0) is 36.2 Å². The molecule has 0 aliphatic heterocycles. The van der Waals surface area contributed by atoms with Crippen molar-refractivity contribution in [3.8, 4) is 0 Å². The van der Waals surface area contributed by atoms with Gasteiger partial charge in [0.2, 0.25) is 0 Å². The van der Waals surface area contributed by atoms with Crippen molar-refractivity contribution in [1.82, 2.24) is 5.32 Å². The Morgan fingerprint density at radius 3 is 2.42 bits per heavy atom. The fourth-order valence-corrected chi connectivity index (χ4v) is 2.72. The van der Waals surface area contributed by atoms with E-state index in [4.69, 9.17) is 23.2 Å². The van der Waals surface area contributed by atoms with Crippen LogP contribution in [0.4, 0.5) is 4.39 Å². The fourth-order valence-electron chi connectivity index (χ4n) is 2.39. The lowest BCUT2D eigenvalue weighted by molar-refractivity contribution is -0.885. The molecule has 6 heteroatoms. The lowest BCUT2D eigenvalue weighted by atomic mass is 10.1. The van der Waals surface area contributed by atoms with Crippen LogP contribution >= 0.6 is 23.2 Å². The van der Waals surface area contributed by atoms with Crippen molar-refractivity contribution in [2.75, 3.05) is 20.1 Å². The molecule has 2 rings (SSSR count). The Hall–Kier alpha value is -1.62. The van der Waals surface area contributed by atoms with Crippen molar-refractivity contribution in [3.05, 3.63) is 69.5 Å². The third kappa shape index (κ3) is 6.11. The number of halogens is 3. The van der Waals surface area contributed by atoms with Crippen LogP contribution in [0.5, 0.6) is 0 Å². The molecule has 1 unspecified atom stereocenters. The van der Waals surface area contributed by atoms with E-state index in [1.807, 2.05) is 19.2 Å². The monoisotopic (exact) mass is 369 g/mol. The molecule has 2 aromatic rings. The molecule has 0 spiro atoms. The maximum atomic E-state index is 12.8. The van der Waals surface area contributed by atoms with Gasteiger partial charge in [0.25, 0.3) is 5.91 Å². The van der Waals surface area contributed by atoms with Gasteiger partial charge in [-0.25, -0.2) is 4.39 Å². The molecule has 2 N–H and O–H groups in total. The first-order valence-electron chi connectivity index (χ1n) is 7.70. The molecule has 128 valence electrons. The highest BCUT2D eigenvalue weighted by molar-refractivity contribution is 6.42. The van der Waals surface area contributed by atoms with Crippen molar-refractivity contribution in [2.45, 2.75) is 13.0 Å². The van der Waals surface area contributed by atoms with Crippen LogP contribution in [0.25, 0.3) is 0 Å². The lowest BCUT2D eigenvalue weighted by Crippen LogP contribution is -3.08. The van der Waals surface area contributed by atoms with Crippen molar-refractivity contribution in [1.29, 1.82) is 0 Å². The van der Waals surface area contributed by atoms with E-state index in [1.165, 1.54) is 12.1 Å². The maximum Gasteiger partial charge on any atom is 0.275 e. The summed E-state index contributed by atoms with van der Waals surface area (Å²) in [5.41, 5.74) is 2.02. The highest BCUT2D eigenvalue weighted by Gasteiger charge is 2.11. The molecular formula is C18H20Cl2FN2O+. The lowest BCUT2D eigenvalue weighted by Gasteiger charge is -2.14. The molecule has 2 aromatic carbocycles. The van der Waals surface area contributed by atoms with E-state index < -0.39 is 0 Å². The SMILES string of the molecule is C[NH+](CC(=O)NCCc1ccc(F)cc1)Cc1ccc(Cl)c(Cl)c1. The molecule has 1 atom stereocenters. The van der Waals surface area contributed by atoms with Gasteiger partial charge < -0.3 is 10.2 Å². The van der Waals surface area contributed by atoms with Gasteiger partial charge >= 0.3 is 0 Å². The van der Waals surface area contributed by atoms with E-state index >= 15 is 0 Å². The normalized spacial score (nSPS) is 12.0. The minimum absolute atomic E-state index is 0.0188. The van der Waals surface area contributed by atoms with Gasteiger partial charge in [0, 0.05) is 12.1 Å². The molecule has 0 saturated heterocycles. The van der Waals surface area contributed by atoms with Crippen molar-refractivity contribution >= 4 is 29.1 Å². The Morgan fingerprint density at radius 1 is 1.08 bits per heavy atom. The van der Waals surface area contributed by atoms with E-state index in [2.05, 4.69) is 5.32 Å². The molecule has 0 aliphatic carbocycles. The number of amides is 1. The third-order valence-electron chi connectivity index (χ3n) is 3.60. The molecule has 0 heterocycles. The molecule has 0 aliphatic rings. The van der Waals surface area contributed by atoms with Crippen LogP contribution in [0.15, 0.2) is 42.5 Å². The summed E-state index contributed by atoms with van der Waals surface area (Å²) in [7, 11) is 1.95. The van der Waals surface area contributed by atoms with E-state index in [-0.39, 0.29) is 11.7 Å². The van der Waals surface area contributed by atoms with Gasteiger partial charge in [0.15, 0.2) is 6.54 Å². The number of hydrogen-bond acceptors (Lipinski definition) is 1. The van der Waals surface area contributed by atoms with Gasteiger partial charge in [0.1, 0.15) is 12.4 Å². The second-order valence-electron chi connectivity index (χ2n) is 5.79. The molecule has 0 aromatic heterocycles. The number of carbonyl (C=O) groups is 1. The average Bonchev–Trinajstić information content (AvgIpc) is 2.53. The van der Waals surface area contributed by atoms with Gasteiger partial charge in [-0.1, -0.05) is 41.4 Å². The summed E-state index contributed by atoms with van der Waals surface area (Å²) in [4.78, 5) is 13.0. The number of likely N-dealkylation sites (N-methyl/N-ethyl adjacent to an activating group) is 1. The third-order valence-corrected chi connectivity index (χ3v) is 4.34. The predicted octanol–water partition coefficient (Wildman–Crippen LogP) is 2.51. The van der Waals surface area contributed by atoms with E-state index in [1.54, 1.807) is 18.2 Å². The highest BCUT2D eigenvalue weighted by atomic mass is 35.5. The molecule has 3 nitrogen and oxygen atoms in total. The van der Waals surface area contributed by atoms with Crippen molar-refractivity contribution in [3.63, 3.8) is 0 Å². The largest absolute Gasteiger partial charge is 0.351 e. The maximum absolute atomic E-state index is 12.8. The summed E-state index contributed by atoms with van der Waals surface area (Å²) in [5, 5.41) is 3.93. The molecular weight excluding hydrogens is 350 g/mol. The second kappa shape index (κ2) is 9.02. The van der Waals surface area contributed by atoms with Crippen LogP contribution in [0, 0.1) is 5.82 Å². The zero-order valence-electron chi connectivity index (χ0n) is 13.4. The summed E-state index contributed by atoms with van der Waals surface area (Å²) in [6.45, 7) is 1.58. The fraction of sp³-hybridized carbons (Fsp3) is 0.278. The quantitative estimate of drug-likeness (QED) is 0.772. The first-order valence-corrected chi connectivity index (χ1v) is 8.46. The van der Waals surface area contributed by atoms with Gasteiger partial charge in [-0.3, -0.25) is 4.79 Å². The molecule has 0 saturated carbocycles. The number of hydrogen-bond donors (Lipinski definition) is 2. The Labute approximate surface area is 151 Å². The van der Waals surface area contributed by atoms with Gasteiger partial charge in [0.05, 0.1) is 17.1 Å². The van der Waals surface area contributed by atoms with E-state index in [0.29, 0.717) is 36.1 Å². The van der Waals surface area contributed by atoms with Crippen LogP contribution in [-0.2, 0) is 17.8 Å². The topological polar surface area (TPSA) is 33.5 Å². The summed E-state index contributed by atoms with van der Waals surface area (Å²) < 4.78 is 12.8. The molecule has 0 fully saturated rings. The first-order chi connectivity index (χ1) is 11.4. The number of rotatable bonds is 7. The molecule has 24 heavy (non-hydrogen) atoms. The minimum Gasteiger partial charge on any atom is -0.351 e. The summed E-state index contributed by atoms with van der Waals surface area (Å²) in [5.74, 6) is -0.273. The van der Waals surface area contributed by atoms with E-state index in [9.17, 15) is 9.18 Å². The number of benzene rings is 2. The Bertz CT molecular complexity index is 692. The van der Waals surface area contributed by atoms with Crippen LogP contribution in [-0.4, -0.2) is 26.0 Å². The molecule has 0 radical (unpaired) electrons. The Kier molecular flexibility index (Phi) is 7.03. The Balaban J connectivity index is 1.73. The van der Waals surface area contributed by atoms with Gasteiger partial charge in [-0.2, -0.15) is 0 Å². The molecule has 1 amide bonds. The first kappa shape index (κ1) is 18.7. The van der Waals surface area contributed by atoms with Crippen LogP contribution in [0.2, 0.25) is 10.0 Å². The van der Waals surface area contributed by atoms with E-state index in [0.717, 1.165) is 16.0 Å². The number of quaternary nitrogens is 1. The minimum atomic E-state index is -0.254. The average molecular weight is 370 g/mol. The zero-order valence-corrected chi connectivity index (χ0v) is 14.9. The Morgan fingerprint density at radius 2 is 1.75 bits per heavy atom. The number of carbonyl (C=O) groups excluding carboxylic acids is 1. The van der Waals surface area contributed by atoms with Crippen LogP contribution in [0.3, 0.4) is 0 Å². The number of nitrogens with one attached hydrogen (secondary N) is 2.